The van der Waals surface area contributed by atoms with Crippen LogP contribution >= 0.6 is 15.2 Å². The second-order valence-corrected chi connectivity index (χ2v) is 8.77. The van der Waals surface area contributed by atoms with Gasteiger partial charge < -0.3 is 24.5 Å². The van der Waals surface area contributed by atoms with Crippen LogP contribution in [0, 0.1) is 0 Å². The zero-order chi connectivity index (χ0) is 16.5. The SMILES string of the molecule is O=P(O)(O)CN(CP(=O)(O)O)c1cccc(S(=O)(=O)O)c1. The Kier molecular flexibility index (Phi) is 5.36. The molecule has 0 unspecified atom stereocenters. The van der Waals surface area contributed by atoms with Crippen molar-refractivity contribution in [2.75, 3.05) is 17.5 Å². The van der Waals surface area contributed by atoms with Gasteiger partial charge >= 0.3 is 15.2 Å². The molecule has 13 heteroatoms. The molecule has 1 rings (SSSR count). The smallest absolute Gasteiger partial charge is 0.344 e. The van der Waals surface area contributed by atoms with Gasteiger partial charge in [0, 0.05) is 5.69 Å². The van der Waals surface area contributed by atoms with Crippen LogP contribution in [0.2, 0.25) is 0 Å². The van der Waals surface area contributed by atoms with Crippen molar-refractivity contribution in [3.8, 4) is 0 Å². The molecule has 0 radical (unpaired) electrons. The Morgan fingerprint density at radius 3 is 1.86 bits per heavy atom. The van der Waals surface area contributed by atoms with Crippen molar-refractivity contribution in [3.63, 3.8) is 0 Å². The highest BCUT2D eigenvalue weighted by atomic mass is 32.2. The van der Waals surface area contributed by atoms with Crippen LogP contribution in [0.3, 0.4) is 0 Å². The summed E-state index contributed by atoms with van der Waals surface area (Å²) in [5, 5.41) is 0. The lowest BCUT2D eigenvalue weighted by atomic mass is 10.3. The summed E-state index contributed by atoms with van der Waals surface area (Å²) in [6, 6.07) is 4.22. The average Bonchev–Trinajstić information content (AvgIpc) is 2.23. The van der Waals surface area contributed by atoms with E-state index in [2.05, 4.69) is 0 Å². The molecule has 0 atom stereocenters. The summed E-state index contributed by atoms with van der Waals surface area (Å²) in [7, 11) is -13.9. The second kappa shape index (κ2) is 6.15. The summed E-state index contributed by atoms with van der Waals surface area (Å²) < 4.78 is 53.0. The zero-order valence-electron chi connectivity index (χ0n) is 10.3. The van der Waals surface area contributed by atoms with Crippen LogP contribution in [-0.4, -0.2) is 45.1 Å². The molecule has 0 heterocycles. The Morgan fingerprint density at radius 2 is 1.48 bits per heavy atom. The fraction of sp³-hybridized carbons (Fsp3) is 0.250. The predicted molar refractivity (Wildman–Crippen MR) is 72.6 cm³/mol. The number of rotatable bonds is 6. The first-order valence-corrected chi connectivity index (χ1v) is 10.2. The van der Waals surface area contributed by atoms with E-state index in [1.807, 2.05) is 0 Å². The number of anilines is 1. The molecule has 0 spiro atoms. The van der Waals surface area contributed by atoms with Gasteiger partial charge in [-0.25, -0.2) is 0 Å². The van der Waals surface area contributed by atoms with Crippen LogP contribution in [0.15, 0.2) is 29.2 Å². The van der Waals surface area contributed by atoms with E-state index >= 15 is 0 Å². The normalized spacial score (nSPS) is 13.2. The van der Waals surface area contributed by atoms with Crippen LogP contribution in [0.1, 0.15) is 0 Å². The fourth-order valence-corrected chi connectivity index (χ4v) is 3.59. The van der Waals surface area contributed by atoms with E-state index < -0.39 is 42.8 Å². The summed E-state index contributed by atoms with van der Waals surface area (Å²) >= 11 is 0. The third kappa shape index (κ3) is 6.68. The molecule has 0 aliphatic carbocycles. The van der Waals surface area contributed by atoms with Crippen molar-refractivity contribution >= 4 is 31.0 Å². The summed E-state index contributed by atoms with van der Waals surface area (Å²) in [6.07, 6.45) is -2.04. The van der Waals surface area contributed by atoms with Crippen molar-refractivity contribution in [1.29, 1.82) is 0 Å². The topological polar surface area (TPSA) is 173 Å². The first kappa shape index (κ1) is 18.3. The van der Waals surface area contributed by atoms with Gasteiger partial charge in [0.05, 0.1) is 4.90 Å². The van der Waals surface area contributed by atoms with Crippen molar-refractivity contribution in [1.82, 2.24) is 0 Å². The monoisotopic (exact) mass is 361 g/mol. The molecule has 1 aromatic carbocycles. The molecule has 0 aromatic heterocycles. The summed E-state index contributed by atoms with van der Waals surface area (Å²) in [6.45, 7) is 0. The molecule has 0 aliphatic heterocycles. The van der Waals surface area contributed by atoms with Gasteiger partial charge in [-0.2, -0.15) is 8.42 Å². The highest BCUT2D eigenvalue weighted by molar-refractivity contribution is 7.85. The lowest BCUT2D eigenvalue weighted by molar-refractivity contribution is 0.366. The molecular weight excluding hydrogens is 348 g/mol. The molecular formula is C8H13NO9P2S. The number of hydrogen-bond donors (Lipinski definition) is 5. The van der Waals surface area contributed by atoms with Gasteiger partial charge in [0.15, 0.2) is 0 Å². The lowest BCUT2D eigenvalue weighted by Crippen LogP contribution is -2.26. The largest absolute Gasteiger partial charge is 0.348 e. The van der Waals surface area contributed by atoms with Gasteiger partial charge in [0.2, 0.25) is 0 Å². The maximum absolute atomic E-state index is 11.0. The molecule has 10 nitrogen and oxygen atoms in total. The fourth-order valence-electron chi connectivity index (χ4n) is 1.49. The van der Waals surface area contributed by atoms with Gasteiger partial charge in [-0.15, -0.1) is 0 Å². The molecule has 0 aliphatic rings. The first-order valence-electron chi connectivity index (χ1n) is 5.20. The molecule has 0 amide bonds. The Bertz CT molecular complexity index is 682. The van der Waals surface area contributed by atoms with Crippen LogP contribution in [0.25, 0.3) is 0 Å². The third-order valence-corrected chi connectivity index (χ3v) is 4.46. The summed E-state index contributed by atoms with van der Waals surface area (Å²) in [4.78, 5) is 35.8. The van der Waals surface area contributed by atoms with E-state index in [-0.39, 0.29) is 5.69 Å². The number of hydrogen-bond acceptors (Lipinski definition) is 5. The van der Waals surface area contributed by atoms with E-state index in [1.54, 1.807) is 0 Å². The van der Waals surface area contributed by atoms with Crippen LogP contribution in [-0.2, 0) is 19.2 Å². The molecule has 1 aromatic rings. The standard InChI is InChI=1S/C8H13NO9P2S/c10-19(11,12)5-9(6-20(13,14)15)7-2-1-3-8(4-7)21(16,17)18/h1-4H,5-6H2,(H2,10,11,12)(H2,13,14,15)(H,16,17,18). The minimum Gasteiger partial charge on any atom is -0.348 e. The molecule has 0 bridgehead atoms. The highest BCUT2D eigenvalue weighted by Gasteiger charge is 2.26. The summed E-state index contributed by atoms with van der Waals surface area (Å²) in [5.74, 6) is 0. The van der Waals surface area contributed by atoms with Crippen molar-refractivity contribution in [2.45, 2.75) is 4.90 Å². The number of benzene rings is 1. The Morgan fingerprint density at radius 1 is 1.00 bits per heavy atom. The van der Waals surface area contributed by atoms with E-state index in [9.17, 15) is 17.5 Å². The minimum atomic E-state index is -4.66. The third-order valence-electron chi connectivity index (χ3n) is 2.19. The molecule has 5 N–H and O–H groups in total. The van der Waals surface area contributed by atoms with Gasteiger partial charge in [0.25, 0.3) is 10.1 Å². The Balaban J connectivity index is 3.26. The van der Waals surface area contributed by atoms with Crippen LogP contribution in [0.5, 0.6) is 0 Å². The van der Waals surface area contributed by atoms with Gasteiger partial charge in [-0.1, -0.05) is 6.07 Å². The van der Waals surface area contributed by atoms with E-state index in [4.69, 9.17) is 24.1 Å². The van der Waals surface area contributed by atoms with E-state index in [0.717, 1.165) is 18.2 Å². The Hall–Kier alpha value is -0.770. The van der Waals surface area contributed by atoms with Crippen LogP contribution < -0.4 is 4.90 Å². The van der Waals surface area contributed by atoms with Gasteiger partial charge in [0.1, 0.15) is 12.6 Å². The van der Waals surface area contributed by atoms with Gasteiger partial charge in [-0.3, -0.25) is 13.7 Å². The maximum Gasteiger partial charge on any atom is 0.344 e. The zero-order valence-corrected chi connectivity index (χ0v) is 12.9. The van der Waals surface area contributed by atoms with Crippen molar-refractivity contribution in [3.05, 3.63) is 24.3 Å². The minimum absolute atomic E-state index is 0.170. The van der Waals surface area contributed by atoms with Crippen molar-refractivity contribution < 1.29 is 41.7 Å². The molecule has 0 saturated carbocycles. The maximum atomic E-state index is 11.0. The molecule has 21 heavy (non-hydrogen) atoms. The lowest BCUT2D eigenvalue weighted by Gasteiger charge is -2.25. The second-order valence-electron chi connectivity index (χ2n) is 4.12. The molecule has 0 saturated heterocycles. The molecule has 0 fully saturated rings. The predicted octanol–water partition coefficient (Wildman–Crippen LogP) is 0.0101. The molecule has 120 valence electrons. The summed E-state index contributed by atoms with van der Waals surface area (Å²) in [5.41, 5.74) is -0.170. The Labute approximate surface area is 120 Å². The quantitative estimate of drug-likeness (QED) is 0.343. The van der Waals surface area contributed by atoms with Gasteiger partial charge in [-0.05, 0) is 18.2 Å². The number of nitrogens with zero attached hydrogens (tertiary/aromatic N) is 1. The highest BCUT2D eigenvalue weighted by Crippen LogP contribution is 2.42. The van der Waals surface area contributed by atoms with Crippen LogP contribution in [0.4, 0.5) is 5.69 Å². The first-order chi connectivity index (χ1) is 9.28. The average molecular weight is 361 g/mol. The van der Waals surface area contributed by atoms with Crippen molar-refractivity contribution in [2.24, 2.45) is 0 Å². The van der Waals surface area contributed by atoms with E-state index in [1.165, 1.54) is 6.07 Å². The van der Waals surface area contributed by atoms with E-state index in [0.29, 0.717) is 4.90 Å².